The number of nitrogens with two attached hydrogens (primary N) is 1. The molecule has 0 fully saturated rings. The number of aliphatic hydroxyl groups is 1. The highest BCUT2D eigenvalue weighted by Crippen LogP contribution is 2.18. The number of hydrogen-bond acceptors (Lipinski definition) is 3. The molecule has 4 heteroatoms. The Morgan fingerprint density at radius 1 is 1.33 bits per heavy atom. The Balaban J connectivity index is 0.00000196. The van der Waals surface area contributed by atoms with Crippen LogP contribution in [0.2, 0.25) is 0 Å². The molecule has 3 nitrogen and oxygen atoms in total. The zero-order valence-corrected chi connectivity index (χ0v) is 9.67. The molecule has 0 aliphatic carbocycles. The molecule has 86 valence electrons. The van der Waals surface area contributed by atoms with Gasteiger partial charge in [-0.3, -0.25) is 0 Å². The molecule has 15 heavy (non-hydrogen) atoms. The van der Waals surface area contributed by atoms with E-state index in [1.165, 1.54) is 0 Å². The number of halogens is 1. The summed E-state index contributed by atoms with van der Waals surface area (Å²) in [5.41, 5.74) is 7.00. The van der Waals surface area contributed by atoms with Crippen LogP contribution in [0.5, 0.6) is 5.75 Å². The fraction of sp³-hybridized carbons (Fsp3) is 0.455. The molecule has 0 amide bonds. The van der Waals surface area contributed by atoms with Gasteiger partial charge in [0.05, 0.1) is 7.11 Å². The van der Waals surface area contributed by atoms with Crippen LogP contribution in [0.15, 0.2) is 24.3 Å². The molecular weight excluding hydrogens is 214 g/mol. The van der Waals surface area contributed by atoms with Crippen molar-refractivity contribution in [2.24, 2.45) is 5.73 Å². The van der Waals surface area contributed by atoms with Crippen molar-refractivity contribution in [1.82, 2.24) is 0 Å². The molecule has 0 bridgehead atoms. The molecule has 0 spiro atoms. The summed E-state index contributed by atoms with van der Waals surface area (Å²) in [4.78, 5) is 0. The van der Waals surface area contributed by atoms with Crippen molar-refractivity contribution in [1.29, 1.82) is 0 Å². The van der Waals surface area contributed by atoms with Crippen molar-refractivity contribution in [2.45, 2.75) is 18.9 Å². The first-order chi connectivity index (χ1) is 6.77. The largest absolute Gasteiger partial charge is 0.497 e. The summed E-state index contributed by atoms with van der Waals surface area (Å²) in [5, 5.41) is 8.67. The lowest BCUT2D eigenvalue weighted by molar-refractivity contribution is 0.280. The second-order valence-electron chi connectivity index (χ2n) is 3.25. The number of benzene rings is 1. The van der Waals surface area contributed by atoms with Gasteiger partial charge in [0.2, 0.25) is 0 Å². The quantitative estimate of drug-likeness (QED) is 0.814. The zero-order valence-electron chi connectivity index (χ0n) is 8.85. The predicted molar refractivity (Wildman–Crippen MR) is 63.5 cm³/mol. The van der Waals surface area contributed by atoms with Crippen molar-refractivity contribution >= 4 is 12.4 Å². The smallest absolute Gasteiger partial charge is 0.118 e. The SMILES string of the molecule is COc1ccc([C@H](N)CCCO)cc1.Cl. The Hall–Kier alpha value is -0.770. The average Bonchev–Trinajstić information content (AvgIpc) is 2.26. The maximum absolute atomic E-state index is 8.67. The minimum Gasteiger partial charge on any atom is -0.497 e. The molecule has 0 heterocycles. The van der Waals surface area contributed by atoms with Crippen LogP contribution < -0.4 is 10.5 Å². The molecule has 1 aromatic carbocycles. The summed E-state index contributed by atoms with van der Waals surface area (Å²) < 4.78 is 5.05. The van der Waals surface area contributed by atoms with Gasteiger partial charge in [-0.1, -0.05) is 12.1 Å². The van der Waals surface area contributed by atoms with E-state index >= 15 is 0 Å². The van der Waals surface area contributed by atoms with Gasteiger partial charge in [-0.25, -0.2) is 0 Å². The highest BCUT2D eigenvalue weighted by atomic mass is 35.5. The Kier molecular flexibility index (Phi) is 7.13. The normalized spacial score (nSPS) is 11.7. The number of hydrogen-bond donors (Lipinski definition) is 2. The number of ether oxygens (including phenoxy) is 1. The van der Waals surface area contributed by atoms with Gasteiger partial charge in [0, 0.05) is 12.6 Å². The van der Waals surface area contributed by atoms with Crippen LogP contribution in [0.1, 0.15) is 24.4 Å². The summed E-state index contributed by atoms with van der Waals surface area (Å²) in [7, 11) is 1.64. The Morgan fingerprint density at radius 2 is 1.93 bits per heavy atom. The summed E-state index contributed by atoms with van der Waals surface area (Å²) in [6, 6.07) is 7.72. The van der Waals surface area contributed by atoms with Crippen molar-refractivity contribution in [2.75, 3.05) is 13.7 Å². The number of rotatable bonds is 5. The molecule has 0 aromatic heterocycles. The van der Waals surface area contributed by atoms with Crippen LogP contribution in [-0.2, 0) is 0 Å². The van der Waals surface area contributed by atoms with Gasteiger partial charge < -0.3 is 15.6 Å². The van der Waals surface area contributed by atoms with Crippen molar-refractivity contribution in [3.63, 3.8) is 0 Å². The van der Waals surface area contributed by atoms with Gasteiger partial charge in [-0.15, -0.1) is 12.4 Å². The third kappa shape index (κ3) is 4.51. The van der Waals surface area contributed by atoms with Crippen LogP contribution in [0, 0.1) is 0 Å². The molecule has 1 aromatic rings. The highest BCUT2D eigenvalue weighted by Gasteiger charge is 2.04. The average molecular weight is 232 g/mol. The zero-order chi connectivity index (χ0) is 10.4. The molecule has 0 unspecified atom stereocenters. The molecular formula is C11H18ClNO2. The van der Waals surface area contributed by atoms with Crippen molar-refractivity contribution < 1.29 is 9.84 Å². The van der Waals surface area contributed by atoms with Crippen LogP contribution >= 0.6 is 12.4 Å². The summed E-state index contributed by atoms with van der Waals surface area (Å²) >= 11 is 0. The highest BCUT2D eigenvalue weighted by molar-refractivity contribution is 5.85. The molecule has 0 saturated carbocycles. The van der Waals surface area contributed by atoms with Crippen LogP contribution in [0.4, 0.5) is 0 Å². The first-order valence-corrected chi connectivity index (χ1v) is 4.78. The van der Waals surface area contributed by atoms with Gasteiger partial charge in [-0.2, -0.15) is 0 Å². The summed E-state index contributed by atoms with van der Waals surface area (Å²) in [5.74, 6) is 0.836. The van der Waals surface area contributed by atoms with E-state index in [2.05, 4.69) is 0 Å². The van der Waals surface area contributed by atoms with Crippen molar-refractivity contribution in [3.8, 4) is 5.75 Å². The topological polar surface area (TPSA) is 55.5 Å². The van der Waals surface area contributed by atoms with Gasteiger partial charge in [-0.05, 0) is 30.5 Å². The maximum Gasteiger partial charge on any atom is 0.118 e. The number of aliphatic hydroxyl groups excluding tert-OH is 1. The second kappa shape index (κ2) is 7.51. The second-order valence-corrected chi connectivity index (χ2v) is 3.25. The molecule has 0 saturated heterocycles. The Labute approximate surface area is 96.7 Å². The van der Waals surface area contributed by atoms with E-state index in [0.29, 0.717) is 0 Å². The van der Waals surface area contributed by atoms with E-state index in [1.54, 1.807) is 7.11 Å². The lowest BCUT2D eigenvalue weighted by atomic mass is 10.0. The fourth-order valence-electron chi connectivity index (χ4n) is 1.33. The summed E-state index contributed by atoms with van der Waals surface area (Å²) in [6.45, 7) is 0.198. The Bertz CT molecular complexity index is 264. The minimum atomic E-state index is 0. The molecule has 0 aliphatic heterocycles. The van der Waals surface area contributed by atoms with E-state index in [9.17, 15) is 0 Å². The molecule has 0 radical (unpaired) electrons. The van der Waals surface area contributed by atoms with Crippen molar-refractivity contribution in [3.05, 3.63) is 29.8 Å². The molecule has 0 aliphatic rings. The number of methoxy groups -OCH3 is 1. The Morgan fingerprint density at radius 3 is 2.40 bits per heavy atom. The fourth-order valence-corrected chi connectivity index (χ4v) is 1.33. The lowest BCUT2D eigenvalue weighted by Gasteiger charge is -2.11. The first-order valence-electron chi connectivity index (χ1n) is 4.78. The van der Waals surface area contributed by atoms with E-state index in [0.717, 1.165) is 24.2 Å². The maximum atomic E-state index is 8.67. The van der Waals surface area contributed by atoms with E-state index < -0.39 is 0 Å². The third-order valence-corrected chi connectivity index (χ3v) is 2.22. The van der Waals surface area contributed by atoms with E-state index in [-0.39, 0.29) is 25.1 Å². The predicted octanol–water partition coefficient (Wildman–Crippen LogP) is 1.89. The van der Waals surface area contributed by atoms with Crippen LogP contribution in [0.3, 0.4) is 0 Å². The summed E-state index contributed by atoms with van der Waals surface area (Å²) in [6.07, 6.45) is 1.55. The first kappa shape index (κ1) is 14.2. The van der Waals surface area contributed by atoms with Gasteiger partial charge in [0.1, 0.15) is 5.75 Å². The van der Waals surface area contributed by atoms with Gasteiger partial charge in [0.25, 0.3) is 0 Å². The van der Waals surface area contributed by atoms with Gasteiger partial charge >= 0.3 is 0 Å². The monoisotopic (exact) mass is 231 g/mol. The standard InChI is InChI=1S/C11H17NO2.ClH/c1-14-10-6-4-9(5-7-10)11(12)3-2-8-13;/h4-7,11,13H,2-3,8,12H2,1H3;1H/t11-;/m1./s1. The molecule has 1 rings (SSSR count). The van der Waals surface area contributed by atoms with E-state index in [4.69, 9.17) is 15.6 Å². The lowest BCUT2D eigenvalue weighted by Crippen LogP contribution is -2.10. The van der Waals surface area contributed by atoms with Crippen LogP contribution in [-0.4, -0.2) is 18.8 Å². The molecule has 1 atom stereocenters. The minimum absolute atomic E-state index is 0. The molecule has 3 N–H and O–H groups in total. The van der Waals surface area contributed by atoms with Crippen LogP contribution in [0.25, 0.3) is 0 Å². The third-order valence-electron chi connectivity index (χ3n) is 2.22. The van der Waals surface area contributed by atoms with E-state index in [1.807, 2.05) is 24.3 Å². The van der Waals surface area contributed by atoms with Gasteiger partial charge in [0.15, 0.2) is 0 Å².